The summed E-state index contributed by atoms with van der Waals surface area (Å²) in [6, 6.07) is 0. The summed E-state index contributed by atoms with van der Waals surface area (Å²) in [7, 11) is 0. The smallest absolute Gasteiger partial charge is 0.150 e. The quantitative estimate of drug-likeness (QED) is 0.822. The lowest BCUT2D eigenvalue weighted by molar-refractivity contribution is 0.121. The Kier molecular flexibility index (Phi) is 2.72. The number of alkyl halides is 1. The molecule has 1 aromatic heterocycles. The summed E-state index contributed by atoms with van der Waals surface area (Å²) in [5.74, 6) is 0. The van der Waals surface area contributed by atoms with E-state index in [1.165, 1.54) is 0 Å². The first kappa shape index (κ1) is 9.62. The van der Waals surface area contributed by atoms with E-state index in [9.17, 15) is 4.39 Å². The second-order valence-electron chi connectivity index (χ2n) is 3.38. The summed E-state index contributed by atoms with van der Waals surface area (Å²) < 4.78 is 15.2. The molecule has 4 heteroatoms. The van der Waals surface area contributed by atoms with Gasteiger partial charge in [0.05, 0.1) is 0 Å². The van der Waals surface area contributed by atoms with Gasteiger partial charge in [-0.25, -0.2) is 4.39 Å². The van der Waals surface area contributed by atoms with Crippen LogP contribution in [-0.2, 0) is 5.67 Å². The van der Waals surface area contributed by atoms with Crippen LogP contribution < -0.4 is 5.32 Å². The van der Waals surface area contributed by atoms with Crippen molar-refractivity contribution in [3.8, 4) is 0 Å². The SMILES string of the molecule is FC1(c2cscc2Br)CCCNC1. The number of thiophene rings is 1. The maximum Gasteiger partial charge on any atom is 0.150 e. The Morgan fingerprint density at radius 3 is 2.92 bits per heavy atom. The van der Waals surface area contributed by atoms with Crippen LogP contribution in [0.5, 0.6) is 0 Å². The van der Waals surface area contributed by atoms with Gasteiger partial charge < -0.3 is 5.32 Å². The predicted octanol–water partition coefficient (Wildman–Crippen LogP) is 3.06. The average molecular weight is 264 g/mol. The maximum absolute atomic E-state index is 14.3. The molecule has 1 aliphatic rings. The van der Waals surface area contributed by atoms with Gasteiger partial charge in [0.25, 0.3) is 0 Å². The van der Waals surface area contributed by atoms with Crippen molar-refractivity contribution in [2.75, 3.05) is 13.1 Å². The van der Waals surface area contributed by atoms with Crippen LogP contribution in [0, 0.1) is 0 Å². The molecule has 0 amide bonds. The first-order valence-corrected chi connectivity index (χ1v) is 6.08. The fourth-order valence-corrected chi connectivity index (χ4v) is 3.43. The molecule has 2 heterocycles. The summed E-state index contributed by atoms with van der Waals surface area (Å²) in [6.07, 6.45) is 1.55. The molecule has 0 saturated carbocycles. The van der Waals surface area contributed by atoms with Gasteiger partial charge >= 0.3 is 0 Å². The van der Waals surface area contributed by atoms with Gasteiger partial charge in [-0.1, -0.05) is 0 Å². The third-order valence-electron chi connectivity index (χ3n) is 2.43. The van der Waals surface area contributed by atoms with Gasteiger partial charge in [-0.05, 0) is 40.7 Å². The van der Waals surface area contributed by atoms with Crippen molar-refractivity contribution in [2.45, 2.75) is 18.5 Å². The molecule has 1 atom stereocenters. The molecule has 1 aromatic rings. The van der Waals surface area contributed by atoms with E-state index >= 15 is 0 Å². The van der Waals surface area contributed by atoms with Gasteiger partial charge in [-0.15, -0.1) is 0 Å². The van der Waals surface area contributed by atoms with Crippen molar-refractivity contribution >= 4 is 27.3 Å². The van der Waals surface area contributed by atoms with Crippen LogP contribution >= 0.6 is 27.3 Å². The van der Waals surface area contributed by atoms with E-state index < -0.39 is 5.67 Å². The van der Waals surface area contributed by atoms with Crippen LogP contribution in [0.25, 0.3) is 0 Å². The van der Waals surface area contributed by atoms with Gasteiger partial charge in [0.1, 0.15) is 5.67 Å². The number of halogens is 2. The van der Waals surface area contributed by atoms with Gasteiger partial charge in [0, 0.05) is 22.0 Å². The second-order valence-corrected chi connectivity index (χ2v) is 4.98. The molecular formula is C9H11BrFNS. The van der Waals surface area contributed by atoms with Crippen LogP contribution in [0.1, 0.15) is 18.4 Å². The highest BCUT2D eigenvalue weighted by molar-refractivity contribution is 9.10. The Hall–Kier alpha value is 0.0700. The number of nitrogens with one attached hydrogen (secondary N) is 1. The predicted molar refractivity (Wildman–Crippen MR) is 56.9 cm³/mol. The largest absolute Gasteiger partial charge is 0.313 e. The molecular weight excluding hydrogens is 253 g/mol. The Labute approximate surface area is 89.5 Å². The minimum Gasteiger partial charge on any atom is -0.313 e. The summed E-state index contributed by atoms with van der Waals surface area (Å²) >= 11 is 4.92. The van der Waals surface area contributed by atoms with Gasteiger partial charge in [-0.2, -0.15) is 11.3 Å². The highest BCUT2D eigenvalue weighted by atomic mass is 79.9. The molecule has 1 aliphatic heterocycles. The minimum atomic E-state index is -1.16. The molecule has 72 valence electrons. The van der Waals surface area contributed by atoms with Crippen molar-refractivity contribution in [3.05, 3.63) is 20.8 Å². The van der Waals surface area contributed by atoms with Crippen molar-refractivity contribution in [1.82, 2.24) is 5.32 Å². The van der Waals surface area contributed by atoms with E-state index in [2.05, 4.69) is 21.2 Å². The van der Waals surface area contributed by atoms with Crippen LogP contribution in [-0.4, -0.2) is 13.1 Å². The summed E-state index contributed by atoms with van der Waals surface area (Å²) in [5, 5.41) is 6.94. The summed E-state index contributed by atoms with van der Waals surface area (Å²) in [4.78, 5) is 0. The van der Waals surface area contributed by atoms with E-state index in [0.29, 0.717) is 13.0 Å². The van der Waals surface area contributed by atoms with E-state index in [1.807, 2.05) is 10.8 Å². The van der Waals surface area contributed by atoms with Crippen LogP contribution in [0.3, 0.4) is 0 Å². The second kappa shape index (κ2) is 3.67. The number of piperidine rings is 1. The van der Waals surface area contributed by atoms with Crippen LogP contribution in [0.2, 0.25) is 0 Å². The molecule has 0 radical (unpaired) electrons. The number of hydrogen-bond donors (Lipinski definition) is 1. The van der Waals surface area contributed by atoms with Crippen molar-refractivity contribution in [2.24, 2.45) is 0 Å². The highest BCUT2D eigenvalue weighted by Gasteiger charge is 2.35. The van der Waals surface area contributed by atoms with Crippen molar-refractivity contribution < 1.29 is 4.39 Å². The zero-order valence-corrected chi connectivity index (χ0v) is 9.55. The Bertz CT molecular complexity index is 294. The third kappa shape index (κ3) is 1.80. The molecule has 0 bridgehead atoms. The van der Waals surface area contributed by atoms with E-state index in [1.54, 1.807) is 11.3 Å². The molecule has 13 heavy (non-hydrogen) atoms. The van der Waals surface area contributed by atoms with E-state index in [0.717, 1.165) is 23.0 Å². The number of rotatable bonds is 1. The van der Waals surface area contributed by atoms with Crippen molar-refractivity contribution in [3.63, 3.8) is 0 Å². The first-order valence-electron chi connectivity index (χ1n) is 4.34. The summed E-state index contributed by atoms with van der Waals surface area (Å²) in [6.45, 7) is 1.38. The molecule has 1 saturated heterocycles. The van der Waals surface area contributed by atoms with Gasteiger partial charge in [0.15, 0.2) is 0 Å². The fraction of sp³-hybridized carbons (Fsp3) is 0.556. The third-order valence-corrected chi connectivity index (χ3v) is 4.13. The number of hydrogen-bond acceptors (Lipinski definition) is 2. The zero-order valence-electron chi connectivity index (χ0n) is 7.15. The van der Waals surface area contributed by atoms with E-state index in [-0.39, 0.29) is 0 Å². The van der Waals surface area contributed by atoms with Crippen molar-refractivity contribution in [1.29, 1.82) is 0 Å². The molecule has 0 spiro atoms. The van der Waals surface area contributed by atoms with Gasteiger partial charge in [-0.3, -0.25) is 0 Å². The molecule has 0 aliphatic carbocycles. The Morgan fingerprint density at radius 1 is 1.54 bits per heavy atom. The van der Waals surface area contributed by atoms with Crippen LogP contribution in [0.4, 0.5) is 4.39 Å². The Balaban J connectivity index is 2.27. The normalized spacial score (nSPS) is 29.1. The molecule has 1 nitrogen and oxygen atoms in total. The lowest BCUT2D eigenvalue weighted by Gasteiger charge is -2.30. The van der Waals surface area contributed by atoms with E-state index in [4.69, 9.17) is 0 Å². The summed E-state index contributed by atoms with van der Waals surface area (Å²) in [5.41, 5.74) is -0.346. The standard InChI is InChI=1S/C9H11BrFNS/c10-8-5-13-4-7(8)9(11)2-1-3-12-6-9/h4-5,12H,1-3,6H2. The zero-order chi connectivity index (χ0) is 9.31. The molecule has 1 N–H and O–H groups in total. The topological polar surface area (TPSA) is 12.0 Å². The average Bonchev–Trinajstić information content (AvgIpc) is 2.53. The maximum atomic E-state index is 14.3. The molecule has 1 fully saturated rings. The monoisotopic (exact) mass is 263 g/mol. The minimum absolute atomic E-state index is 0.447. The molecule has 1 unspecified atom stereocenters. The first-order chi connectivity index (χ1) is 6.22. The van der Waals surface area contributed by atoms with Crippen LogP contribution in [0.15, 0.2) is 15.2 Å². The molecule has 2 rings (SSSR count). The Morgan fingerprint density at radius 2 is 2.38 bits per heavy atom. The van der Waals surface area contributed by atoms with Gasteiger partial charge in [0.2, 0.25) is 0 Å². The lowest BCUT2D eigenvalue weighted by atomic mass is 9.90. The molecule has 0 aromatic carbocycles. The fourth-order valence-electron chi connectivity index (χ4n) is 1.70. The highest BCUT2D eigenvalue weighted by Crippen LogP contribution is 2.38. The lowest BCUT2D eigenvalue weighted by Crippen LogP contribution is -2.39.